The van der Waals surface area contributed by atoms with Gasteiger partial charge in [-0.3, -0.25) is 0 Å². The van der Waals surface area contributed by atoms with E-state index in [9.17, 15) is 0 Å². The minimum absolute atomic E-state index is 1.27. The lowest BCUT2D eigenvalue weighted by Gasteiger charge is -2.10. The molecule has 0 aliphatic rings. The maximum absolute atomic E-state index is 2.30. The summed E-state index contributed by atoms with van der Waals surface area (Å²) in [5.74, 6) is 0. The van der Waals surface area contributed by atoms with Crippen molar-refractivity contribution in [2.24, 2.45) is 35.2 Å². The van der Waals surface area contributed by atoms with Gasteiger partial charge in [-0.2, -0.15) is 9.13 Å². The first-order valence-electron chi connectivity index (χ1n) is 29.0. The molecule has 0 radical (unpaired) electrons. The lowest BCUT2D eigenvalue weighted by molar-refractivity contribution is -0.667. The van der Waals surface area contributed by atoms with Crippen molar-refractivity contribution in [3.8, 4) is 56.3 Å². The van der Waals surface area contributed by atoms with E-state index in [4.69, 9.17) is 0 Å². The average Bonchev–Trinajstić information content (AvgIpc) is 3.56. The molecule has 5 nitrogen and oxygen atoms in total. The predicted molar refractivity (Wildman–Crippen MR) is 346 cm³/mol. The molecule has 5 aromatic carbocycles. The molecule has 0 unspecified atom stereocenters. The van der Waals surface area contributed by atoms with Crippen LogP contribution in [0.2, 0.25) is 0 Å². The van der Waals surface area contributed by atoms with Crippen molar-refractivity contribution in [3.63, 3.8) is 0 Å². The van der Waals surface area contributed by atoms with Gasteiger partial charge in [0.15, 0.2) is 30.0 Å². The number of aryl methyl sites for hydroxylation is 14. The van der Waals surface area contributed by atoms with Gasteiger partial charge in [0.1, 0.15) is 35.2 Å². The van der Waals surface area contributed by atoms with E-state index in [0.29, 0.717) is 0 Å². The van der Waals surface area contributed by atoms with Crippen molar-refractivity contribution >= 4 is 0 Å². The zero-order chi connectivity index (χ0) is 60.3. The molecular formula is C77H94N5+5. The van der Waals surface area contributed by atoms with Crippen LogP contribution in [-0.4, -0.2) is 0 Å². The molecule has 0 amide bonds. The molecule has 0 atom stereocenters. The van der Waals surface area contributed by atoms with Crippen molar-refractivity contribution < 1.29 is 22.8 Å². The molecule has 0 bridgehead atoms. The summed E-state index contributed by atoms with van der Waals surface area (Å²) < 4.78 is 11.1. The molecule has 422 valence electrons. The molecule has 10 aromatic rings. The topological polar surface area (TPSA) is 19.4 Å². The number of nitrogens with zero attached hydrogens (tertiary/aromatic N) is 5. The number of benzene rings is 5. The van der Waals surface area contributed by atoms with Crippen molar-refractivity contribution in [2.45, 2.75) is 118 Å². The number of aromatic nitrogens is 5. The van der Waals surface area contributed by atoms with E-state index >= 15 is 0 Å². The highest BCUT2D eigenvalue weighted by Crippen LogP contribution is 2.29. The van der Waals surface area contributed by atoms with Crippen LogP contribution in [0.1, 0.15) is 94.8 Å². The van der Waals surface area contributed by atoms with Gasteiger partial charge in [-0.25, -0.2) is 13.7 Å². The first-order chi connectivity index (χ1) is 38.8. The fraction of sp³-hybridized carbons (Fsp3) is 0.286. The van der Waals surface area contributed by atoms with Gasteiger partial charge in [0.25, 0.3) is 0 Å². The third-order valence-corrected chi connectivity index (χ3v) is 17.1. The van der Waals surface area contributed by atoms with E-state index in [1.807, 2.05) is 0 Å². The minimum atomic E-state index is 1.27. The molecule has 5 heteroatoms. The molecule has 0 fully saturated rings. The third-order valence-electron chi connectivity index (χ3n) is 17.1. The normalized spacial score (nSPS) is 10.6. The summed E-state index contributed by atoms with van der Waals surface area (Å²) >= 11 is 0. The summed E-state index contributed by atoms with van der Waals surface area (Å²) in [5, 5.41) is 0. The van der Waals surface area contributed by atoms with Crippen LogP contribution in [0.4, 0.5) is 0 Å². The number of rotatable bonds is 5. The molecule has 0 spiro atoms. The molecule has 0 N–H and O–H groups in total. The lowest BCUT2D eigenvalue weighted by Crippen LogP contribution is -2.36. The Labute approximate surface area is 494 Å². The Hall–Kier alpha value is -8.15. The largest absolute Gasteiger partial charge is 0.215 e. The van der Waals surface area contributed by atoms with Crippen molar-refractivity contribution in [1.29, 1.82) is 0 Å². The molecule has 82 heavy (non-hydrogen) atoms. The molecule has 5 heterocycles. The Kier molecular flexibility index (Phi) is 21.5. The number of pyridine rings is 5. The molecule has 0 saturated carbocycles. The highest BCUT2D eigenvalue weighted by Gasteiger charge is 2.21. The Balaban J connectivity index is 0.000000165. The molecule has 0 saturated heterocycles. The van der Waals surface area contributed by atoms with Crippen LogP contribution in [0, 0.1) is 118 Å². The summed E-state index contributed by atoms with van der Waals surface area (Å²) in [5.41, 5.74) is 36.0. The van der Waals surface area contributed by atoms with Crippen LogP contribution in [-0.2, 0) is 35.2 Å². The summed E-state index contributed by atoms with van der Waals surface area (Å²) in [4.78, 5) is 0. The fourth-order valence-electron chi connectivity index (χ4n) is 10.9. The molecule has 0 aliphatic heterocycles. The van der Waals surface area contributed by atoms with Gasteiger partial charge in [-0.05, 0) is 220 Å². The fourth-order valence-corrected chi connectivity index (χ4v) is 10.9. The van der Waals surface area contributed by atoms with Crippen LogP contribution >= 0.6 is 0 Å². The maximum Gasteiger partial charge on any atom is 0.215 e. The van der Waals surface area contributed by atoms with Crippen molar-refractivity contribution in [1.82, 2.24) is 0 Å². The van der Waals surface area contributed by atoms with Gasteiger partial charge in [-0.1, -0.05) is 60.2 Å². The quantitative estimate of drug-likeness (QED) is 0.153. The zero-order valence-electron chi connectivity index (χ0n) is 53.9. The highest BCUT2D eigenvalue weighted by molar-refractivity contribution is 5.67. The van der Waals surface area contributed by atoms with E-state index in [2.05, 4.69) is 346 Å². The van der Waals surface area contributed by atoms with Gasteiger partial charge >= 0.3 is 0 Å². The molecule has 10 rings (SSSR count). The van der Waals surface area contributed by atoms with Gasteiger partial charge in [0.05, 0.1) is 0 Å². The van der Waals surface area contributed by atoms with Crippen LogP contribution in [0.5, 0.6) is 0 Å². The second-order valence-corrected chi connectivity index (χ2v) is 22.9. The Morgan fingerprint density at radius 1 is 0.232 bits per heavy atom. The second kappa shape index (κ2) is 28.0. The second-order valence-electron chi connectivity index (χ2n) is 22.9. The monoisotopic (exact) mass is 1090 g/mol. The average molecular weight is 1090 g/mol. The summed E-state index contributed by atoms with van der Waals surface area (Å²) in [6, 6.07) is 54.1. The summed E-state index contributed by atoms with van der Waals surface area (Å²) in [7, 11) is 10.6. The Morgan fingerprint density at radius 3 is 1.23 bits per heavy atom. The van der Waals surface area contributed by atoms with Crippen molar-refractivity contribution in [3.05, 3.63) is 265 Å². The van der Waals surface area contributed by atoms with Gasteiger partial charge < -0.3 is 0 Å². The van der Waals surface area contributed by atoms with Crippen LogP contribution in [0.15, 0.2) is 170 Å². The minimum Gasteiger partial charge on any atom is -0.201 e. The van der Waals surface area contributed by atoms with Gasteiger partial charge in [0, 0.05) is 101 Å². The number of hydrogen-bond acceptors (Lipinski definition) is 0. The Bertz CT molecular complexity index is 3850. The summed E-state index contributed by atoms with van der Waals surface area (Å²) in [6.45, 7) is 37.0. The van der Waals surface area contributed by atoms with E-state index in [0.717, 1.165) is 0 Å². The summed E-state index contributed by atoms with van der Waals surface area (Å²) in [6.07, 6.45) is 6.26. The van der Waals surface area contributed by atoms with Crippen LogP contribution in [0.25, 0.3) is 56.3 Å². The zero-order valence-corrected chi connectivity index (χ0v) is 53.9. The third kappa shape index (κ3) is 14.8. The van der Waals surface area contributed by atoms with E-state index in [1.165, 1.54) is 151 Å². The standard InChI is InChI=1S/2C16H20N.3C15H18N/c1-11-8-6-7-9-15(11)16-10-12(2)13(3)14(4)17(16)5;1-11-8-6-7-9-15(11)16-13(3)10-12(2)14(4)17(16)5;1-11-8-9-14(13(3)12(11)2)15-7-5-6-10-16(15)4;1-11-9-13(3)14(10-12(11)2)15-7-5-6-8-16(15)4;1-11-9-12(2)13(3)14(10-11)15-7-5-6-8-16(15)4/h2*6-10H,1-5H3;3*5-10H,1-4H3/q5*+1. The predicted octanol–water partition coefficient (Wildman–Crippen LogP) is 16.1. The first kappa shape index (κ1) is 63.0. The number of hydrogen-bond donors (Lipinski definition) is 0. The van der Waals surface area contributed by atoms with Crippen LogP contribution in [0.3, 0.4) is 0 Å². The SMILES string of the molecule is Cc1cc(C)c(-c2cccc[n+]2C)cc1C.Cc1cc(C)c(C)c(-c2cccc[n+]2C)c1.Cc1ccc(-c2cccc[n+]2C)c(C)c1C.Cc1ccccc1-c1c(C)cc(C)c(C)[n+]1C.Cc1ccccc1-c1cc(C)c(C)c(C)[n+]1C. The van der Waals surface area contributed by atoms with Crippen molar-refractivity contribution in [2.75, 3.05) is 0 Å². The van der Waals surface area contributed by atoms with E-state index < -0.39 is 0 Å². The Morgan fingerprint density at radius 2 is 0.695 bits per heavy atom. The highest BCUT2D eigenvalue weighted by atomic mass is 15.0. The lowest BCUT2D eigenvalue weighted by atomic mass is 9.96. The van der Waals surface area contributed by atoms with E-state index in [1.54, 1.807) is 0 Å². The molecular weight excluding hydrogens is 995 g/mol. The van der Waals surface area contributed by atoms with E-state index in [-0.39, 0.29) is 0 Å². The van der Waals surface area contributed by atoms with Gasteiger partial charge in [-0.15, -0.1) is 0 Å². The van der Waals surface area contributed by atoms with Gasteiger partial charge in [0.2, 0.25) is 28.5 Å². The maximum atomic E-state index is 2.30. The van der Waals surface area contributed by atoms with Crippen LogP contribution < -0.4 is 22.8 Å². The first-order valence-corrected chi connectivity index (χ1v) is 29.0. The smallest absolute Gasteiger partial charge is 0.201 e. The molecule has 5 aromatic heterocycles. The molecule has 0 aliphatic carbocycles.